The maximum atomic E-state index is 13.6. The Kier molecular flexibility index (Phi) is 4.56. The average molecular weight is 340 g/mol. The van der Waals surface area contributed by atoms with Crippen LogP contribution in [0.5, 0.6) is 0 Å². The highest BCUT2D eigenvalue weighted by Crippen LogP contribution is 2.28. The van der Waals surface area contributed by atoms with E-state index in [1.54, 1.807) is 0 Å². The molecule has 1 amide bonds. The Morgan fingerprint density at radius 2 is 2.26 bits per heavy atom. The van der Waals surface area contributed by atoms with Crippen LogP contribution in [-0.2, 0) is 4.79 Å². The summed E-state index contributed by atoms with van der Waals surface area (Å²) in [6.45, 7) is 1.99. The van der Waals surface area contributed by atoms with Crippen LogP contribution in [0.3, 0.4) is 0 Å². The predicted octanol–water partition coefficient (Wildman–Crippen LogP) is 2.15. The molecule has 23 heavy (non-hydrogen) atoms. The van der Waals surface area contributed by atoms with Gasteiger partial charge in [0.25, 0.3) is 0 Å². The molecule has 0 bridgehead atoms. The van der Waals surface area contributed by atoms with Gasteiger partial charge in [0.1, 0.15) is 11.3 Å². The fraction of sp³-hybridized carbons (Fsp3) is 0.467. The van der Waals surface area contributed by atoms with Crippen molar-refractivity contribution in [3.05, 3.63) is 23.8 Å². The summed E-state index contributed by atoms with van der Waals surface area (Å²) in [6.07, 6.45) is 1.03. The highest BCUT2D eigenvalue weighted by molar-refractivity contribution is 7.22. The van der Waals surface area contributed by atoms with Gasteiger partial charge in [0.05, 0.1) is 11.2 Å². The minimum atomic E-state index is -0.717. The molecule has 1 unspecified atom stereocenters. The number of benzene rings is 1. The number of hydrogen-bond donors (Lipinski definition) is 1. The molecule has 2 heterocycles. The van der Waals surface area contributed by atoms with Gasteiger partial charge in [-0.25, -0.2) is 13.8 Å². The molecule has 0 radical (unpaired) electrons. The molecule has 1 aliphatic rings. The van der Waals surface area contributed by atoms with Crippen molar-refractivity contribution in [2.75, 3.05) is 39.0 Å². The third kappa shape index (κ3) is 3.65. The van der Waals surface area contributed by atoms with E-state index in [1.165, 1.54) is 6.07 Å². The summed E-state index contributed by atoms with van der Waals surface area (Å²) in [5.74, 6) is -1.56. The molecule has 1 atom stereocenters. The number of likely N-dealkylation sites (N-methyl/N-ethyl adjacent to an activating group) is 1. The Morgan fingerprint density at radius 3 is 2.96 bits per heavy atom. The zero-order valence-electron chi connectivity index (χ0n) is 13.0. The molecule has 124 valence electrons. The van der Waals surface area contributed by atoms with Gasteiger partial charge < -0.3 is 10.2 Å². The van der Waals surface area contributed by atoms with Crippen molar-refractivity contribution in [3.63, 3.8) is 0 Å². The molecule has 0 spiro atoms. The first-order valence-corrected chi connectivity index (χ1v) is 8.18. The molecule has 1 aromatic heterocycles. The van der Waals surface area contributed by atoms with Crippen LogP contribution in [0.1, 0.15) is 6.42 Å². The van der Waals surface area contributed by atoms with E-state index in [0.29, 0.717) is 10.7 Å². The van der Waals surface area contributed by atoms with E-state index in [9.17, 15) is 13.6 Å². The SMILES string of the molecule is CN(C)C1CCN(CC(=O)Nc2nc3c(F)cc(F)cc3s2)C1. The minimum absolute atomic E-state index is 0.0838. The minimum Gasteiger partial charge on any atom is -0.305 e. The first-order chi connectivity index (χ1) is 10.9. The van der Waals surface area contributed by atoms with Crippen molar-refractivity contribution < 1.29 is 13.6 Å². The highest BCUT2D eigenvalue weighted by Gasteiger charge is 2.25. The normalized spacial score (nSPS) is 18.9. The van der Waals surface area contributed by atoms with Crippen LogP contribution in [0.4, 0.5) is 13.9 Å². The number of carbonyl (C=O) groups excluding carboxylic acids is 1. The third-order valence-corrected chi connectivity index (χ3v) is 4.92. The molecular formula is C15H18F2N4OS. The lowest BCUT2D eigenvalue weighted by molar-refractivity contribution is -0.117. The summed E-state index contributed by atoms with van der Waals surface area (Å²) < 4.78 is 27.2. The van der Waals surface area contributed by atoms with Gasteiger partial charge in [-0.1, -0.05) is 11.3 Å². The molecule has 1 aliphatic heterocycles. The lowest BCUT2D eigenvalue weighted by Gasteiger charge is -2.19. The van der Waals surface area contributed by atoms with Crippen molar-refractivity contribution in [1.29, 1.82) is 0 Å². The van der Waals surface area contributed by atoms with Crippen LogP contribution >= 0.6 is 11.3 Å². The van der Waals surface area contributed by atoms with Crippen molar-refractivity contribution in [2.24, 2.45) is 0 Å². The molecule has 2 aromatic rings. The zero-order chi connectivity index (χ0) is 16.6. The van der Waals surface area contributed by atoms with Crippen molar-refractivity contribution in [3.8, 4) is 0 Å². The Bertz CT molecular complexity index is 734. The van der Waals surface area contributed by atoms with Crippen LogP contribution in [0, 0.1) is 11.6 Å². The van der Waals surface area contributed by atoms with E-state index >= 15 is 0 Å². The first-order valence-electron chi connectivity index (χ1n) is 7.36. The van der Waals surface area contributed by atoms with E-state index in [-0.39, 0.29) is 23.1 Å². The number of thiazole rings is 1. The Hall–Kier alpha value is -1.64. The zero-order valence-corrected chi connectivity index (χ0v) is 13.8. The van der Waals surface area contributed by atoms with Gasteiger partial charge in [-0.3, -0.25) is 9.69 Å². The van der Waals surface area contributed by atoms with Gasteiger partial charge in [-0.15, -0.1) is 0 Å². The Balaban J connectivity index is 1.63. The number of rotatable bonds is 4. The van der Waals surface area contributed by atoms with Crippen LogP contribution in [0.15, 0.2) is 12.1 Å². The van der Waals surface area contributed by atoms with Crippen molar-refractivity contribution in [2.45, 2.75) is 12.5 Å². The van der Waals surface area contributed by atoms with E-state index in [1.807, 2.05) is 14.1 Å². The van der Waals surface area contributed by atoms with Crippen LogP contribution < -0.4 is 5.32 Å². The molecule has 1 fully saturated rings. The number of fused-ring (bicyclic) bond motifs is 1. The summed E-state index contributed by atoms with van der Waals surface area (Å²) >= 11 is 1.07. The average Bonchev–Trinajstić information content (AvgIpc) is 3.05. The molecular weight excluding hydrogens is 322 g/mol. The lowest BCUT2D eigenvalue weighted by Crippen LogP contribution is -2.35. The van der Waals surface area contributed by atoms with E-state index in [0.717, 1.165) is 36.9 Å². The molecule has 1 N–H and O–H groups in total. The van der Waals surface area contributed by atoms with Gasteiger partial charge in [-0.05, 0) is 26.6 Å². The van der Waals surface area contributed by atoms with Crippen molar-refractivity contribution in [1.82, 2.24) is 14.8 Å². The van der Waals surface area contributed by atoms with E-state index in [4.69, 9.17) is 0 Å². The molecule has 0 aliphatic carbocycles. The summed E-state index contributed by atoms with van der Waals surface area (Å²) in [4.78, 5) is 20.4. The standard InChI is InChI=1S/C15H18F2N4OS/c1-20(2)10-3-4-21(7-10)8-13(22)18-15-19-14-11(17)5-9(16)6-12(14)23-15/h5-6,10H,3-4,7-8H2,1-2H3,(H,18,19,22). The second kappa shape index (κ2) is 6.46. The number of aromatic nitrogens is 1. The smallest absolute Gasteiger partial charge is 0.240 e. The molecule has 1 saturated heterocycles. The Morgan fingerprint density at radius 1 is 1.48 bits per heavy atom. The van der Waals surface area contributed by atoms with Gasteiger partial charge >= 0.3 is 0 Å². The number of halogens is 2. The van der Waals surface area contributed by atoms with Crippen LogP contribution in [0.2, 0.25) is 0 Å². The Labute approximate surface area is 136 Å². The first kappa shape index (κ1) is 16.2. The number of nitrogens with zero attached hydrogens (tertiary/aromatic N) is 3. The van der Waals surface area contributed by atoms with Gasteiger partial charge in [-0.2, -0.15) is 0 Å². The third-order valence-electron chi connectivity index (χ3n) is 4.00. The number of likely N-dealkylation sites (tertiary alicyclic amines) is 1. The number of amides is 1. The quantitative estimate of drug-likeness (QED) is 0.927. The van der Waals surface area contributed by atoms with E-state index in [2.05, 4.69) is 20.1 Å². The molecule has 1 aromatic carbocycles. The van der Waals surface area contributed by atoms with Crippen LogP contribution in [0.25, 0.3) is 10.2 Å². The summed E-state index contributed by atoms with van der Waals surface area (Å²) in [7, 11) is 4.06. The van der Waals surface area contributed by atoms with E-state index < -0.39 is 11.6 Å². The number of carbonyl (C=O) groups is 1. The molecule has 5 nitrogen and oxygen atoms in total. The lowest BCUT2D eigenvalue weighted by atomic mass is 10.2. The second-order valence-corrected chi connectivity index (χ2v) is 6.97. The molecule has 0 saturated carbocycles. The largest absolute Gasteiger partial charge is 0.305 e. The maximum absolute atomic E-state index is 13.6. The fourth-order valence-corrected chi connectivity index (χ4v) is 3.67. The topological polar surface area (TPSA) is 48.5 Å². The fourth-order valence-electron chi connectivity index (χ4n) is 2.75. The van der Waals surface area contributed by atoms with Crippen LogP contribution in [-0.4, -0.2) is 60.5 Å². The number of anilines is 1. The monoisotopic (exact) mass is 340 g/mol. The summed E-state index contributed by atoms with van der Waals surface area (Å²) in [5.41, 5.74) is 0.0838. The number of hydrogen-bond acceptors (Lipinski definition) is 5. The van der Waals surface area contributed by atoms with Crippen molar-refractivity contribution >= 4 is 32.6 Å². The van der Waals surface area contributed by atoms with Gasteiger partial charge in [0, 0.05) is 25.2 Å². The van der Waals surface area contributed by atoms with Gasteiger partial charge in [0.15, 0.2) is 10.9 Å². The maximum Gasteiger partial charge on any atom is 0.240 e. The summed E-state index contributed by atoms with van der Waals surface area (Å²) in [5, 5.41) is 2.96. The predicted molar refractivity (Wildman–Crippen MR) is 86.7 cm³/mol. The summed E-state index contributed by atoms with van der Waals surface area (Å²) in [6, 6.07) is 2.47. The second-order valence-electron chi connectivity index (χ2n) is 5.94. The molecule has 8 heteroatoms. The molecule has 3 rings (SSSR count). The number of nitrogens with one attached hydrogen (secondary N) is 1. The highest BCUT2D eigenvalue weighted by atomic mass is 32.1. The van der Waals surface area contributed by atoms with Gasteiger partial charge in [0.2, 0.25) is 5.91 Å².